The molecule has 4 heteroatoms. The summed E-state index contributed by atoms with van der Waals surface area (Å²) in [5.41, 5.74) is -0.938. The van der Waals surface area contributed by atoms with Gasteiger partial charge in [-0.05, 0) is 34.9 Å². The van der Waals surface area contributed by atoms with Crippen LogP contribution in [0.3, 0.4) is 0 Å². The van der Waals surface area contributed by atoms with Gasteiger partial charge < -0.3 is 10.2 Å². The molecule has 0 saturated carbocycles. The monoisotopic (exact) mass is 197 g/mol. The van der Waals surface area contributed by atoms with Crippen molar-refractivity contribution in [2.45, 2.75) is 26.8 Å². The van der Waals surface area contributed by atoms with Crippen LogP contribution in [0.5, 0.6) is 0 Å². The van der Waals surface area contributed by atoms with Crippen LogP contribution >= 0.6 is 0 Å². The average Bonchev–Trinajstić information content (AvgIpc) is 2.13. The zero-order chi connectivity index (χ0) is 11.4. The molecule has 1 amide bonds. The molecular weight excluding hydrogens is 178 g/mol. The van der Waals surface area contributed by atoms with Crippen molar-refractivity contribution < 1.29 is 4.79 Å². The minimum Gasteiger partial charge on any atom is -0.353 e. The third-order valence-electron chi connectivity index (χ3n) is 2.29. The molecule has 0 aliphatic carbocycles. The maximum atomic E-state index is 11.5. The molecule has 1 N–H and O–H groups in total. The molecule has 0 heterocycles. The van der Waals surface area contributed by atoms with Crippen LogP contribution < -0.4 is 5.32 Å². The molecular formula is C10H19N3O. The van der Waals surface area contributed by atoms with Gasteiger partial charge in [0.2, 0.25) is 5.91 Å². The van der Waals surface area contributed by atoms with E-state index in [4.69, 9.17) is 5.26 Å². The molecule has 0 radical (unpaired) electrons. The number of nitrogens with one attached hydrogen (secondary N) is 1. The van der Waals surface area contributed by atoms with Gasteiger partial charge in [-0.2, -0.15) is 5.26 Å². The van der Waals surface area contributed by atoms with E-state index in [1.165, 1.54) is 0 Å². The Hall–Kier alpha value is -1.08. The van der Waals surface area contributed by atoms with Gasteiger partial charge in [0, 0.05) is 12.6 Å². The summed E-state index contributed by atoms with van der Waals surface area (Å²) in [4.78, 5) is 13.5. The van der Waals surface area contributed by atoms with Gasteiger partial charge in [-0.15, -0.1) is 0 Å². The third kappa shape index (κ3) is 3.75. The Balaban J connectivity index is 4.05. The lowest BCUT2D eigenvalue weighted by atomic mass is 9.95. The molecule has 0 bridgehead atoms. The van der Waals surface area contributed by atoms with E-state index in [9.17, 15) is 4.79 Å². The topological polar surface area (TPSA) is 56.1 Å². The first kappa shape index (κ1) is 12.9. The zero-order valence-corrected chi connectivity index (χ0v) is 9.59. The van der Waals surface area contributed by atoms with Crippen molar-refractivity contribution in [2.24, 2.45) is 5.41 Å². The summed E-state index contributed by atoms with van der Waals surface area (Å²) in [6.07, 6.45) is 0. The summed E-state index contributed by atoms with van der Waals surface area (Å²) in [6.45, 7) is 5.81. The number of nitriles is 1. The molecule has 4 nitrogen and oxygen atoms in total. The smallest absolute Gasteiger partial charge is 0.239 e. The van der Waals surface area contributed by atoms with Gasteiger partial charge in [0.05, 0.1) is 6.07 Å². The summed E-state index contributed by atoms with van der Waals surface area (Å²) in [5, 5.41) is 11.5. The van der Waals surface area contributed by atoms with Crippen LogP contribution in [0.2, 0.25) is 0 Å². The van der Waals surface area contributed by atoms with Crippen molar-refractivity contribution >= 4 is 5.91 Å². The summed E-state index contributed by atoms with van der Waals surface area (Å²) in [7, 11) is 3.90. The van der Waals surface area contributed by atoms with Gasteiger partial charge >= 0.3 is 0 Å². The second kappa shape index (κ2) is 4.97. The highest BCUT2D eigenvalue weighted by Gasteiger charge is 2.27. The van der Waals surface area contributed by atoms with Gasteiger partial charge in [-0.1, -0.05) is 0 Å². The number of nitrogens with zero attached hydrogens (tertiary/aromatic N) is 2. The highest BCUT2D eigenvalue weighted by molar-refractivity contribution is 5.84. The maximum Gasteiger partial charge on any atom is 0.239 e. The predicted molar refractivity (Wildman–Crippen MR) is 55.6 cm³/mol. The van der Waals surface area contributed by atoms with Crippen molar-refractivity contribution in [3.8, 4) is 6.07 Å². The largest absolute Gasteiger partial charge is 0.353 e. The standard InChI is InChI=1S/C10H19N3O/c1-8(13(4)5)6-12-9(14)10(2,3)7-11/h8H,6H2,1-5H3,(H,12,14). The minimum absolute atomic E-state index is 0.214. The lowest BCUT2D eigenvalue weighted by Gasteiger charge is -2.22. The van der Waals surface area contributed by atoms with Crippen molar-refractivity contribution in [1.82, 2.24) is 10.2 Å². The van der Waals surface area contributed by atoms with Crippen LogP contribution in [-0.2, 0) is 4.79 Å². The van der Waals surface area contributed by atoms with Crippen molar-refractivity contribution in [2.75, 3.05) is 20.6 Å². The molecule has 0 fully saturated rings. The average molecular weight is 197 g/mol. The molecule has 0 aliphatic rings. The van der Waals surface area contributed by atoms with Gasteiger partial charge in [0.25, 0.3) is 0 Å². The van der Waals surface area contributed by atoms with E-state index in [1.54, 1.807) is 13.8 Å². The molecule has 14 heavy (non-hydrogen) atoms. The van der Waals surface area contributed by atoms with E-state index in [-0.39, 0.29) is 11.9 Å². The molecule has 0 spiro atoms. The highest BCUT2D eigenvalue weighted by Crippen LogP contribution is 2.12. The minimum atomic E-state index is -0.938. The van der Waals surface area contributed by atoms with Crippen LogP contribution in [0.1, 0.15) is 20.8 Å². The van der Waals surface area contributed by atoms with Gasteiger partial charge in [-0.25, -0.2) is 0 Å². The highest BCUT2D eigenvalue weighted by atomic mass is 16.2. The van der Waals surface area contributed by atoms with Crippen molar-refractivity contribution in [3.05, 3.63) is 0 Å². The Morgan fingerprint density at radius 1 is 1.57 bits per heavy atom. The van der Waals surface area contributed by atoms with Gasteiger partial charge in [0.15, 0.2) is 0 Å². The van der Waals surface area contributed by atoms with Crippen molar-refractivity contribution in [3.63, 3.8) is 0 Å². The summed E-state index contributed by atoms with van der Waals surface area (Å²) < 4.78 is 0. The maximum absolute atomic E-state index is 11.5. The first-order chi connectivity index (χ1) is 6.31. The van der Waals surface area contributed by atoms with E-state index in [1.807, 2.05) is 32.0 Å². The fraction of sp³-hybridized carbons (Fsp3) is 0.800. The first-order valence-electron chi connectivity index (χ1n) is 4.67. The number of rotatable bonds is 4. The Kier molecular flexibility index (Phi) is 4.58. The Morgan fingerprint density at radius 3 is 2.43 bits per heavy atom. The second-order valence-corrected chi connectivity index (χ2v) is 4.26. The second-order valence-electron chi connectivity index (χ2n) is 4.26. The number of hydrogen-bond donors (Lipinski definition) is 1. The quantitative estimate of drug-likeness (QED) is 0.718. The fourth-order valence-electron chi connectivity index (χ4n) is 0.695. The lowest BCUT2D eigenvalue weighted by molar-refractivity contribution is -0.126. The predicted octanol–water partition coefficient (Wildman–Crippen LogP) is 0.602. The lowest BCUT2D eigenvalue weighted by Crippen LogP contribution is -2.43. The summed E-state index contributed by atoms with van der Waals surface area (Å²) in [6, 6.07) is 2.24. The molecule has 1 atom stereocenters. The zero-order valence-electron chi connectivity index (χ0n) is 9.59. The van der Waals surface area contributed by atoms with Crippen LogP contribution in [0.15, 0.2) is 0 Å². The molecule has 0 aromatic rings. The Labute approximate surface area is 85.9 Å². The molecule has 1 unspecified atom stereocenters. The van der Waals surface area contributed by atoms with Crippen LogP contribution in [0.25, 0.3) is 0 Å². The molecule has 80 valence electrons. The van der Waals surface area contributed by atoms with Gasteiger partial charge in [0.1, 0.15) is 5.41 Å². The summed E-state index contributed by atoms with van der Waals surface area (Å²) >= 11 is 0. The molecule has 0 rings (SSSR count). The number of carbonyl (C=O) groups excluding carboxylic acids is 1. The Bertz CT molecular complexity index is 240. The Morgan fingerprint density at radius 2 is 2.07 bits per heavy atom. The normalized spacial score (nSPS) is 13.5. The fourth-order valence-corrected chi connectivity index (χ4v) is 0.695. The van der Waals surface area contributed by atoms with E-state index >= 15 is 0 Å². The van der Waals surface area contributed by atoms with E-state index < -0.39 is 5.41 Å². The number of likely N-dealkylation sites (N-methyl/N-ethyl adjacent to an activating group) is 1. The first-order valence-corrected chi connectivity index (χ1v) is 4.67. The van der Waals surface area contributed by atoms with Crippen LogP contribution in [0, 0.1) is 16.7 Å². The third-order valence-corrected chi connectivity index (χ3v) is 2.29. The molecule has 0 saturated heterocycles. The van der Waals surface area contributed by atoms with E-state index in [2.05, 4.69) is 5.32 Å². The van der Waals surface area contributed by atoms with Crippen molar-refractivity contribution in [1.29, 1.82) is 5.26 Å². The number of carbonyl (C=O) groups is 1. The van der Waals surface area contributed by atoms with Crippen LogP contribution in [0.4, 0.5) is 0 Å². The molecule has 0 aromatic heterocycles. The molecule has 0 aliphatic heterocycles. The number of amides is 1. The molecule has 0 aromatic carbocycles. The van der Waals surface area contributed by atoms with E-state index in [0.29, 0.717) is 6.54 Å². The van der Waals surface area contributed by atoms with Gasteiger partial charge in [-0.3, -0.25) is 4.79 Å². The number of hydrogen-bond acceptors (Lipinski definition) is 3. The SMILES string of the molecule is CC(CNC(=O)C(C)(C)C#N)N(C)C. The van der Waals surface area contributed by atoms with Crippen LogP contribution in [-0.4, -0.2) is 37.5 Å². The van der Waals surface area contributed by atoms with E-state index in [0.717, 1.165) is 0 Å². The summed E-state index contributed by atoms with van der Waals surface area (Å²) in [5.74, 6) is -0.214.